The maximum atomic E-state index is 5.76. The number of anilines is 1. The minimum Gasteiger partial charge on any atom is -0.497 e. The van der Waals surface area contributed by atoms with Crippen molar-refractivity contribution in [3.05, 3.63) is 24.3 Å². The number of hydrogen-bond acceptors (Lipinski definition) is 7. The molecule has 0 spiro atoms. The van der Waals surface area contributed by atoms with Gasteiger partial charge in [-0.25, -0.2) is 0 Å². The molecule has 1 aromatic heterocycles. The Morgan fingerprint density at radius 1 is 1.43 bits per heavy atom. The van der Waals surface area contributed by atoms with Gasteiger partial charge in [0.2, 0.25) is 5.82 Å². The summed E-state index contributed by atoms with van der Waals surface area (Å²) in [6.45, 7) is 4.02. The molecule has 1 N–H and O–H groups in total. The van der Waals surface area contributed by atoms with Gasteiger partial charge in [-0.05, 0) is 25.5 Å². The molecule has 2 heterocycles. The van der Waals surface area contributed by atoms with Gasteiger partial charge in [0.05, 0.1) is 32.5 Å². The van der Waals surface area contributed by atoms with Gasteiger partial charge in [0.1, 0.15) is 5.75 Å². The normalized spacial score (nSPS) is 18.8. The second-order valence-electron chi connectivity index (χ2n) is 5.52. The summed E-state index contributed by atoms with van der Waals surface area (Å²) in [6.07, 6.45) is 1.14. The van der Waals surface area contributed by atoms with E-state index in [1.165, 1.54) is 0 Å². The molecule has 0 radical (unpaired) electrons. The topological polar surface area (TPSA) is 78.6 Å². The molecule has 2 aromatic rings. The van der Waals surface area contributed by atoms with Crippen LogP contribution < -0.4 is 10.1 Å². The Morgan fingerprint density at radius 3 is 3.13 bits per heavy atom. The number of methoxy groups -OCH3 is 1. The van der Waals surface area contributed by atoms with Crippen LogP contribution in [-0.4, -0.2) is 49.2 Å². The van der Waals surface area contributed by atoms with Crippen LogP contribution in [0.4, 0.5) is 6.01 Å². The number of nitrogens with zero attached hydrogens (tertiary/aromatic N) is 2. The molecular formula is C16H21N3O4. The number of rotatable bonds is 7. The number of aromatic nitrogens is 2. The molecule has 7 heteroatoms. The lowest BCUT2D eigenvalue weighted by molar-refractivity contribution is 0.0392. The second-order valence-corrected chi connectivity index (χ2v) is 5.52. The van der Waals surface area contributed by atoms with E-state index < -0.39 is 0 Å². The highest BCUT2D eigenvalue weighted by Crippen LogP contribution is 2.22. The first-order valence-corrected chi connectivity index (χ1v) is 7.68. The van der Waals surface area contributed by atoms with E-state index in [1.807, 2.05) is 31.2 Å². The van der Waals surface area contributed by atoms with Gasteiger partial charge >= 0.3 is 6.01 Å². The first-order chi connectivity index (χ1) is 11.2. The molecule has 1 aliphatic heterocycles. The van der Waals surface area contributed by atoms with E-state index in [1.54, 1.807) is 7.11 Å². The fourth-order valence-corrected chi connectivity index (χ4v) is 2.34. The summed E-state index contributed by atoms with van der Waals surface area (Å²) < 4.78 is 21.5. The summed E-state index contributed by atoms with van der Waals surface area (Å²) in [5, 5.41) is 7.13. The van der Waals surface area contributed by atoms with Crippen LogP contribution in [0.25, 0.3) is 11.4 Å². The molecule has 7 nitrogen and oxygen atoms in total. The molecule has 0 aliphatic carbocycles. The van der Waals surface area contributed by atoms with Crippen molar-refractivity contribution >= 4 is 6.01 Å². The van der Waals surface area contributed by atoms with Gasteiger partial charge in [-0.2, -0.15) is 4.98 Å². The zero-order valence-electron chi connectivity index (χ0n) is 13.3. The predicted octanol–water partition coefficient (Wildman–Crippen LogP) is 2.35. The quantitative estimate of drug-likeness (QED) is 0.839. The molecular weight excluding hydrogens is 298 g/mol. The molecule has 0 amide bonds. The van der Waals surface area contributed by atoms with Crippen molar-refractivity contribution in [2.24, 2.45) is 0 Å². The summed E-state index contributed by atoms with van der Waals surface area (Å²) in [7, 11) is 1.62. The molecule has 1 saturated heterocycles. The van der Waals surface area contributed by atoms with Gasteiger partial charge in [0.25, 0.3) is 0 Å². The molecule has 124 valence electrons. The summed E-state index contributed by atoms with van der Waals surface area (Å²) in [6, 6.07) is 7.97. The third kappa shape index (κ3) is 4.20. The highest BCUT2D eigenvalue weighted by atomic mass is 16.5. The van der Waals surface area contributed by atoms with Crippen LogP contribution in [0.1, 0.15) is 13.3 Å². The summed E-state index contributed by atoms with van der Waals surface area (Å²) in [5.74, 6) is 1.27. The lowest BCUT2D eigenvalue weighted by Gasteiger charge is -2.15. The minimum atomic E-state index is 0.0641. The Balaban J connectivity index is 1.55. The van der Waals surface area contributed by atoms with E-state index in [-0.39, 0.29) is 12.1 Å². The smallest absolute Gasteiger partial charge is 0.322 e. The van der Waals surface area contributed by atoms with Crippen LogP contribution in [0.15, 0.2) is 28.8 Å². The Hall–Kier alpha value is -2.12. The largest absolute Gasteiger partial charge is 0.497 e. The van der Waals surface area contributed by atoms with Crippen molar-refractivity contribution in [3.8, 4) is 17.1 Å². The van der Waals surface area contributed by atoms with Gasteiger partial charge in [-0.1, -0.05) is 17.3 Å². The molecule has 23 heavy (non-hydrogen) atoms. The van der Waals surface area contributed by atoms with Gasteiger partial charge in [-0.15, -0.1) is 0 Å². The van der Waals surface area contributed by atoms with E-state index >= 15 is 0 Å². The SMILES string of the molecule is COc1cccc(-c2noc(NC(C)COC3CCOC3)n2)c1. The first kappa shape index (κ1) is 15.8. The zero-order chi connectivity index (χ0) is 16.1. The molecule has 0 saturated carbocycles. The van der Waals surface area contributed by atoms with Crippen LogP contribution in [0.3, 0.4) is 0 Å². The highest BCUT2D eigenvalue weighted by molar-refractivity contribution is 5.57. The maximum Gasteiger partial charge on any atom is 0.322 e. The van der Waals surface area contributed by atoms with Gasteiger partial charge in [0, 0.05) is 12.2 Å². The standard InChI is InChI=1S/C16H21N3O4/c1-11(9-22-14-6-7-21-10-14)17-16-18-15(19-23-16)12-4-3-5-13(8-12)20-2/h3-5,8,11,14H,6-7,9-10H2,1-2H3,(H,17,18,19). The Labute approximate surface area is 134 Å². The number of benzene rings is 1. The van der Waals surface area contributed by atoms with Crippen molar-refractivity contribution in [1.29, 1.82) is 0 Å². The molecule has 1 fully saturated rings. The van der Waals surface area contributed by atoms with Crippen molar-refractivity contribution < 1.29 is 18.7 Å². The van der Waals surface area contributed by atoms with E-state index in [0.717, 1.165) is 24.3 Å². The molecule has 3 rings (SSSR count). The third-order valence-electron chi connectivity index (χ3n) is 3.59. The number of hydrogen-bond donors (Lipinski definition) is 1. The van der Waals surface area contributed by atoms with Crippen LogP contribution in [0.5, 0.6) is 5.75 Å². The average Bonchev–Trinajstić information content (AvgIpc) is 3.25. The Kier molecular flexibility index (Phi) is 5.09. The van der Waals surface area contributed by atoms with Crippen molar-refractivity contribution in [3.63, 3.8) is 0 Å². The predicted molar refractivity (Wildman–Crippen MR) is 84.5 cm³/mol. The number of nitrogens with one attached hydrogen (secondary N) is 1. The first-order valence-electron chi connectivity index (χ1n) is 7.68. The zero-order valence-corrected chi connectivity index (χ0v) is 13.3. The second kappa shape index (κ2) is 7.43. The van der Waals surface area contributed by atoms with Crippen LogP contribution >= 0.6 is 0 Å². The molecule has 2 unspecified atom stereocenters. The van der Waals surface area contributed by atoms with Crippen molar-refractivity contribution in [2.75, 3.05) is 32.2 Å². The summed E-state index contributed by atoms with van der Waals surface area (Å²) >= 11 is 0. The van der Waals surface area contributed by atoms with E-state index in [0.29, 0.717) is 25.1 Å². The fourth-order valence-electron chi connectivity index (χ4n) is 2.34. The fraction of sp³-hybridized carbons (Fsp3) is 0.500. The van der Waals surface area contributed by atoms with Crippen LogP contribution in [0.2, 0.25) is 0 Å². The molecule has 1 aromatic carbocycles. The van der Waals surface area contributed by atoms with Crippen molar-refractivity contribution in [2.45, 2.75) is 25.5 Å². The highest BCUT2D eigenvalue weighted by Gasteiger charge is 2.18. The average molecular weight is 319 g/mol. The van der Waals surface area contributed by atoms with Crippen molar-refractivity contribution in [1.82, 2.24) is 10.1 Å². The van der Waals surface area contributed by atoms with E-state index in [9.17, 15) is 0 Å². The third-order valence-corrected chi connectivity index (χ3v) is 3.59. The lowest BCUT2D eigenvalue weighted by atomic mass is 10.2. The van der Waals surface area contributed by atoms with Gasteiger partial charge in [-0.3, -0.25) is 0 Å². The lowest BCUT2D eigenvalue weighted by Crippen LogP contribution is -2.26. The summed E-state index contributed by atoms with van der Waals surface area (Å²) in [5.41, 5.74) is 0.841. The molecule has 0 bridgehead atoms. The maximum absolute atomic E-state index is 5.76. The van der Waals surface area contributed by atoms with E-state index in [4.69, 9.17) is 18.7 Å². The van der Waals surface area contributed by atoms with Gasteiger partial charge < -0.3 is 24.1 Å². The summed E-state index contributed by atoms with van der Waals surface area (Å²) in [4.78, 5) is 4.35. The van der Waals surface area contributed by atoms with Gasteiger partial charge in [0.15, 0.2) is 0 Å². The van der Waals surface area contributed by atoms with Crippen LogP contribution in [0, 0.1) is 0 Å². The monoisotopic (exact) mass is 319 g/mol. The Morgan fingerprint density at radius 2 is 2.35 bits per heavy atom. The number of ether oxygens (including phenoxy) is 3. The minimum absolute atomic E-state index is 0.0641. The molecule has 2 atom stereocenters. The Bertz CT molecular complexity index is 625. The molecule has 1 aliphatic rings. The van der Waals surface area contributed by atoms with Crippen LogP contribution in [-0.2, 0) is 9.47 Å². The van der Waals surface area contributed by atoms with E-state index in [2.05, 4.69) is 15.5 Å².